The Morgan fingerprint density at radius 2 is 1.94 bits per heavy atom. The fourth-order valence-corrected chi connectivity index (χ4v) is 5.29. The lowest BCUT2D eigenvalue weighted by Crippen LogP contribution is -2.30. The minimum Gasteiger partial charge on any atom is -0.503 e. The number of nitrogens with zero attached hydrogens (tertiary/aromatic N) is 2. The van der Waals surface area contributed by atoms with Gasteiger partial charge in [0.25, 0.3) is 5.91 Å². The van der Waals surface area contributed by atoms with Crippen molar-refractivity contribution in [1.82, 2.24) is 4.98 Å². The van der Waals surface area contributed by atoms with Crippen LogP contribution in [0.1, 0.15) is 33.3 Å². The third kappa shape index (κ3) is 3.21. The topological polar surface area (TPSA) is 83.6 Å². The van der Waals surface area contributed by atoms with Crippen molar-refractivity contribution in [1.29, 1.82) is 0 Å². The van der Waals surface area contributed by atoms with Crippen LogP contribution in [-0.2, 0) is 4.79 Å². The number of anilines is 1. The first kappa shape index (κ1) is 20.5. The Morgan fingerprint density at radius 1 is 1.19 bits per heavy atom. The van der Waals surface area contributed by atoms with Crippen molar-refractivity contribution in [2.45, 2.75) is 19.9 Å². The SMILES string of the molecule is Cc1cc(C)c2nc(N3C(=O)C(O)=C(C(=O)c4ccco4)C3c3ccc(Cl)cc3)sc2c1. The van der Waals surface area contributed by atoms with Crippen molar-refractivity contribution >= 4 is 50.0 Å². The van der Waals surface area contributed by atoms with Gasteiger partial charge in [-0.15, -0.1) is 0 Å². The smallest absolute Gasteiger partial charge is 0.296 e. The van der Waals surface area contributed by atoms with Gasteiger partial charge in [-0.2, -0.15) is 0 Å². The van der Waals surface area contributed by atoms with Gasteiger partial charge in [-0.1, -0.05) is 41.1 Å². The van der Waals surface area contributed by atoms with Crippen molar-refractivity contribution in [2.24, 2.45) is 0 Å². The van der Waals surface area contributed by atoms with E-state index >= 15 is 0 Å². The van der Waals surface area contributed by atoms with Gasteiger partial charge in [0.2, 0.25) is 5.78 Å². The van der Waals surface area contributed by atoms with E-state index in [0.29, 0.717) is 15.7 Å². The van der Waals surface area contributed by atoms with Gasteiger partial charge < -0.3 is 9.52 Å². The number of ketones is 1. The molecule has 2 aromatic carbocycles. The molecule has 160 valence electrons. The maximum atomic E-state index is 13.2. The summed E-state index contributed by atoms with van der Waals surface area (Å²) in [6.07, 6.45) is 1.37. The summed E-state index contributed by atoms with van der Waals surface area (Å²) in [4.78, 5) is 32.5. The highest BCUT2D eigenvalue weighted by Crippen LogP contribution is 2.44. The van der Waals surface area contributed by atoms with Gasteiger partial charge in [-0.3, -0.25) is 14.5 Å². The number of benzene rings is 2. The summed E-state index contributed by atoms with van der Waals surface area (Å²) < 4.78 is 6.18. The lowest BCUT2D eigenvalue weighted by atomic mass is 9.95. The maximum Gasteiger partial charge on any atom is 0.296 e. The van der Waals surface area contributed by atoms with Gasteiger partial charge in [0.05, 0.1) is 28.1 Å². The van der Waals surface area contributed by atoms with Gasteiger partial charge in [0.1, 0.15) is 0 Å². The molecule has 1 aliphatic heterocycles. The van der Waals surface area contributed by atoms with Gasteiger partial charge in [0, 0.05) is 5.02 Å². The largest absolute Gasteiger partial charge is 0.503 e. The molecule has 1 atom stereocenters. The van der Waals surface area contributed by atoms with E-state index in [1.807, 2.05) is 26.0 Å². The molecule has 3 heterocycles. The highest BCUT2D eigenvalue weighted by atomic mass is 35.5. The van der Waals surface area contributed by atoms with Gasteiger partial charge >= 0.3 is 0 Å². The molecule has 5 rings (SSSR count). The second kappa shape index (κ2) is 7.62. The fourth-order valence-electron chi connectivity index (χ4n) is 4.00. The van der Waals surface area contributed by atoms with E-state index < -0.39 is 23.5 Å². The molecule has 0 radical (unpaired) electrons. The average molecular weight is 465 g/mol. The predicted octanol–water partition coefficient (Wildman–Crippen LogP) is 5.94. The molecule has 6 nitrogen and oxygen atoms in total. The van der Waals surface area contributed by atoms with E-state index in [9.17, 15) is 14.7 Å². The van der Waals surface area contributed by atoms with Crippen molar-refractivity contribution in [3.63, 3.8) is 0 Å². The number of hydrogen-bond acceptors (Lipinski definition) is 6. The number of hydrogen-bond donors (Lipinski definition) is 1. The fraction of sp³-hybridized carbons (Fsp3) is 0.125. The number of carbonyl (C=O) groups is 2. The quantitative estimate of drug-likeness (QED) is 0.378. The first-order chi connectivity index (χ1) is 15.3. The van der Waals surface area contributed by atoms with Crippen LogP contribution in [0.2, 0.25) is 5.02 Å². The predicted molar refractivity (Wildman–Crippen MR) is 123 cm³/mol. The van der Waals surface area contributed by atoms with Crippen molar-refractivity contribution < 1.29 is 19.1 Å². The minimum absolute atomic E-state index is 0.0379. The Balaban J connectivity index is 1.70. The van der Waals surface area contributed by atoms with Crippen LogP contribution in [0.25, 0.3) is 10.2 Å². The van der Waals surface area contributed by atoms with Gasteiger partial charge in [0.15, 0.2) is 16.7 Å². The number of aliphatic hydroxyl groups is 1. The number of rotatable bonds is 4. The van der Waals surface area contributed by atoms with E-state index in [4.69, 9.17) is 21.0 Å². The van der Waals surface area contributed by atoms with Crippen LogP contribution in [0.4, 0.5) is 5.13 Å². The number of fused-ring (bicyclic) bond motifs is 1. The van der Waals surface area contributed by atoms with Crippen LogP contribution in [0.15, 0.2) is 70.5 Å². The summed E-state index contributed by atoms with van der Waals surface area (Å²) in [7, 11) is 0. The number of thiazole rings is 1. The normalized spacial score (nSPS) is 16.4. The van der Waals surface area contributed by atoms with Crippen molar-refractivity contribution in [2.75, 3.05) is 4.90 Å². The third-order valence-corrected chi connectivity index (χ3v) is 6.66. The molecule has 8 heteroatoms. The van der Waals surface area contributed by atoms with Crippen LogP contribution < -0.4 is 4.90 Å². The molecule has 2 aromatic heterocycles. The highest BCUT2D eigenvalue weighted by molar-refractivity contribution is 7.22. The monoisotopic (exact) mass is 464 g/mol. The molecule has 0 saturated carbocycles. The van der Waals surface area contributed by atoms with Gasteiger partial charge in [-0.05, 0) is 60.9 Å². The number of carbonyl (C=O) groups excluding carboxylic acids is 2. The first-order valence-corrected chi connectivity index (χ1v) is 11.0. The summed E-state index contributed by atoms with van der Waals surface area (Å²) in [5.41, 5.74) is 3.42. The molecule has 32 heavy (non-hydrogen) atoms. The Labute approximate surface area is 192 Å². The molecule has 1 amide bonds. The summed E-state index contributed by atoms with van der Waals surface area (Å²) in [6.45, 7) is 3.96. The summed E-state index contributed by atoms with van der Waals surface area (Å²) in [5, 5.41) is 11.7. The highest BCUT2D eigenvalue weighted by Gasteiger charge is 2.46. The summed E-state index contributed by atoms with van der Waals surface area (Å²) in [6, 6.07) is 13.0. The van der Waals surface area contributed by atoms with E-state index in [0.717, 1.165) is 21.3 Å². The van der Waals surface area contributed by atoms with Crippen LogP contribution in [-0.4, -0.2) is 21.8 Å². The Bertz CT molecular complexity index is 1400. The molecule has 0 fully saturated rings. The molecule has 1 unspecified atom stereocenters. The molecule has 0 spiro atoms. The summed E-state index contributed by atoms with van der Waals surface area (Å²) >= 11 is 7.40. The molecular weight excluding hydrogens is 448 g/mol. The van der Waals surface area contributed by atoms with E-state index in [-0.39, 0.29) is 11.3 Å². The van der Waals surface area contributed by atoms with E-state index in [1.165, 1.54) is 28.6 Å². The third-order valence-electron chi connectivity index (χ3n) is 5.41. The van der Waals surface area contributed by atoms with Gasteiger partial charge in [-0.25, -0.2) is 4.98 Å². The van der Waals surface area contributed by atoms with E-state index in [1.54, 1.807) is 30.3 Å². The number of aromatic nitrogens is 1. The molecule has 1 N–H and O–H groups in total. The number of halogens is 1. The summed E-state index contributed by atoms with van der Waals surface area (Å²) in [5.74, 6) is -1.82. The van der Waals surface area contributed by atoms with Crippen molar-refractivity contribution in [3.8, 4) is 0 Å². The van der Waals surface area contributed by atoms with Crippen molar-refractivity contribution in [3.05, 3.63) is 93.6 Å². The van der Waals surface area contributed by atoms with E-state index in [2.05, 4.69) is 0 Å². The van der Waals surface area contributed by atoms with Crippen LogP contribution >= 0.6 is 22.9 Å². The number of amides is 1. The molecule has 1 aliphatic rings. The minimum atomic E-state index is -0.876. The molecule has 0 bridgehead atoms. The lowest BCUT2D eigenvalue weighted by Gasteiger charge is -2.24. The molecular formula is C24H17ClN2O4S. The maximum absolute atomic E-state index is 13.2. The zero-order valence-electron chi connectivity index (χ0n) is 17.1. The lowest BCUT2D eigenvalue weighted by molar-refractivity contribution is -0.117. The Kier molecular flexibility index (Phi) is 4.87. The molecule has 4 aromatic rings. The second-order valence-corrected chi connectivity index (χ2v) is 9.07. The Hall–Kier alpha value is -3.42. The average Bonchev–Trinajstić information content (AvgIpc) is 3.48. The number of furan rings is 1. The first-order valence-electron chi connectivity index (χ1n) is 9.83. The number of aliphatic hydroxyl groups excluding tert-OH is 1. The zero-order valence-corrected chi connectivity index (χ0v) is 18.7. The number of Topliss-reactive ketones (excluding diaryl/α,β-unsaturated/α-hetero) is 1. The molecule has 0 aliphatic carbocycles. The second-order valence-electron chi connectivity index (χ2n) is 7.62. The Morgan fingerprint density at radius 3 is 2.62 bits per heavy atom. The zero-order chi connectivity index (χ0) is 22.6. The van der Waals surface area contributed by atoms with Crippen LogP contribution in [0, 0.1) is 13.8 Å². The van der Waals surface area contributed by atoms with Crippen LogP contribution in [0.3, 0.4) is 0 Å². The molecule has 0 saturated heterocycles. The number of aryl methyl sites for hydroxylation is 2. The van der Waals surface area contributed by atoms with Crippen LogP contribution in [0.5, 0.6) is 0 Å². The standard InChI is InChI=1S/C24H17ClN2O4S/c1-12-10-13(2)19-17(11-12)32-24(26-19)27-20(14-5-7-15(25)8-6-14)18(22(29)23(27)30)21(28)16-4-3-9-31-16/h3-11,20,29H,1-2H3.